The summed E-state index contributed by atoms with van der Waals surface area (Å²) in [6, 6.07) is 5.81. The minimum absolute atomic E-state index is 0.00963. The van der Waals surface area contributed by atoms with Gasteiger partial charge >= 0.3 is 5.97 Å². The molecule has 2 fully saturated rings. The van der Waals surface area contributed by atoms with Crippen molar-refractivity contribution in [3.05, 3.63) is 23.8 Å². The number of hydrogen-bond donors (Lipinski definition) is 2. The molecule has 2 unspecified atom stereocenters. The van der Waals surface area contributed by atoms with E-state index in [0.717, 1.165) is 11.3 Å². The Hall–Kier alpha value is -1.75. The van der Waals surface area contributed by atoms with Gasteiger partial charge in [-0.2, -0.15) is 0 Å². The monoisotopic (exact) mass is 291 g/mol. The van der Waals surface area contributed by atoms with Gasteiger partial charge in [0.1, 0.15) is 0 Å². The number of methoxy groups -OCH3 is 1. The molecule has 1 saturated carbocycles. The van der Waals surface area contributed by atoms with Crippen molar-refractivity contribution in [1.82, 2.24) is 5.32 Å². The van der Waals surface area contributed by atoms with Crippen molar-refractivity contribution in [3.8, 4) is 11.5 Å². The average molecular weight is 291 g/mol. The van der Waals surface area contributed by atoms with Crippen LogP contribution >= 0.6 is 0 Å². The van der Waals surface area contributed by atoms with Gasteiger partial charge in [0.2, 0.25) is 0 Å². The molecule has 1 aliphatic carbocycles. The highest BCUT2D eigenvalue weighted by atomic mass is 16.5. The molecule has 2 N–H and O–H groups in total. The van der Waals surface area contributed by atoms with E-state index in [1.807, 2.05) is 18.2 Å². The summed E-state index contributed by atoms with van der Waals surface area (Å²) in [5.41, 5.74) is 0.999. The van der Waals surface area contributed by atoms with Gasteiger partial charge in [-0.25, -0.2) is 0 Å². The van der Waals surface area contributed by atoms with Gasteiger partial charge in [0.25, 0.3) is 0 Å². The Morgan fingerprint density at radius 2 is 2.24 bits per heavy atom. The molecule has 5 heteroatoms. The molecule has 0 radical (unpaired) electrons. The largest absolute Gasteiger partial charge is 0.493 e. The van der Waals surface area contributed by atoms with Crippen LogP contribution in [0.3, 0.4) is 0 Å². The molecule has 1 aromatic carbocycles. The van der Waals surface area contributed by atoms with E-state index in [4.69, 9.17) is 14.6 Å². The molecule has 114 valence electrons. The van der Waals surface area contributed by atoms with Gasteiger partial charge in [-0.1, -0.05) is 12.1 Å². The summed E-state index contributed by atoms with van der Waals surface area (Å²) in [5, 5.41) is 12.4. The van der Waals surface area contributed by atoms with Crippen LogP contribution < -0.4 is 14.8 Å². The highest BCUT2D eigenvalue weighted by molar-refractivity contribution is 5.71. The van der Waals surface area contributed by atoms with Gasteiger partial charge in [-0.3, -0.25) is 4.79 Å². The number of benzene rings is 1. The van der Waals surface area contributed by atoms with Gasteiger partial charge in [0, 0.05) is 18.2 Å². The summed E-state index contributed by atoms with van der Waals surface area (Å²) in [6.45, 7) is 1.21. The lowest BCUT2D eigenvalue weighted by Gasteiger charge is -2.19. The maximum Gasteiger partial charge on any atom is 0.307 e. The number of hydrogen-bond acceptors (Lipinski definition) is 4. The van der Waals surface area contributed by atoms with Crippen LogP contribution in [0.4, 0.5) is 0 Å². The van der Waals surface area contributed by atoms with Crippen LogP contribution in [0.15, 0.2) is 18.2 Å². The SMILES string of the molecule is COc1cccc(C2CC(C(=O)O)CN2)c1OCC1CC1. The second-order valence-electron chi connectivity index (χ2n) is 5.86. The lowest BCUT2D eigenvalue weighted by Crippen LogP contribution is -2.17. The molecule has 0 spiro atoms. The molecule has 21 heavy (non-hydrogen) atoms. The number of carboxylic acids is 1. The third-order valence-electron chi connectivity index (χ3n) is 4.25. The van der Waals surface area contributed by atoms with Crippen LogP contribution in [0.25, 0.3) is 0 Å². The minimum atomic E-state index is -0.742. The van der Waals surface area contributed by atoms with Crippen LogP contribution in [-0.2, 0) is 4.79 Å². The first-order valence-corrected chi connectivity index (χ1v) is 7.45. The van der Waals surface area contributed by atoms with Crippen LogP contribution in [0, 0.1) is 11.8 Å². The molecule has 2 aliphatic rings. The highest BCUT2D eigenvalue weighted by Gasteiger charge is 2.33. The fourth-order valence-corrected chi connectivity index (χ4v) is 2.77. The Morgan fingerprint density at radius 3 is 2.86 bits per heavy atom. The van der Waals surface area contributed by atoms with E-state index in [1.54, 1.807) is 7.11 Å². The highest BCUT2D eigenvalue weighted by Crippen LogP contribution is 2.40. The van der Waals surface area contributed by atoms with Gasteiger partial charge in [0.05, 0.1) is 19.6 Å². The van der Waals surface area contributed by atoms with E-state index in [2.05, 4.69) is 5.32 Å². The maximum absolute atomic E-state index is 11.1. The molecule has 1 saturated heterocycles. The third-order valence-corrected chi connectivity index (χ3v) is 4.25. The molecule has 0 amide bonds. The van der Waals surface area contributed by atoms with Crippen LogP contribution in [0.1, 0.15) is 30.9 Å². The first kappa shape index (κ1) is 14.2. The third kappa shape index (κ3) is 3.13. The normalized spacial score (nSPS) is 24.8. The number of carbonyl (C=O) groups is 1. The fraction of sp³-hybridized carbons (Fsp3) is 0.562. The summed E-state index contributed by atoms with van der Waals surface area (Å²) >= 11 is 0. The summed E-state index contributed by atoms with van der Waals surface area (Å²) in [4.78, 5) is 11.1. The fourth-order valence-electron chi connectivity index (χ4n) is 2.77. The lowest BCUT2D eigenvalue weighted by atomic mass is 9.99. The van der Waals surface area contributed by atoms with Gasteiger partial charge in [-0.05, 0) is 31.2 Å². The van der Waals surface area contributed by atoms with Crippen LogP contribution in [0.5, 0.6) is 11.5 Å². The zero-order valence-electron chi connectivity index (χ0n) is 12.2. The molecular weight excluding hydrogens is 270 g/mol. The Kier molecular flexibility index (Phi) is 4.01. The van der Waals surface area contributed by atoms with E-state index < -0.39 is 5.97 Å². The van der Waals surface area contributed by atoms with Crippen molar-refractivity contribution in [2.45, 2.75) is 25.3 Å². The number of ether oxygens (including phenoxy) is 2. The molecular formula is C16H21NO4. The maximum atomic E-state index is 11.1. The summed E-state index contributed by atoms with van der Waals surface area (Å²) in [5.74, 6) is 1.06. The summed E-state index contributed by atoms with van der Waals surface area (Å²) < 4.78 is 11.4. The number of rotatable bonds is 6. The summed E-state index contributed by atoms with van der Waals surface area (Å²) in [7, 11) is 1.63. The van der Waals surface area contributed by atoms with Gasteiger partial charge < -0.3 is 19.9 Å². The minimum Gasteiger partial charge on any atom is -0.493 e. The van der Waals surface area contributed by atoms with Crippen LogP contribution in [-0.4, -0.2) is 31.3 Å². The summed E-state index contributed by atoms with van der Waals surface area (Å²) in [6.07, 6.45) is 3.04. The molecule has 1 aromatic rings. The Labute approximate surface area is 124 Å². The Bertz CT molecular complexity index is 527. The molecule has 1 aliphatic heterocycles. The van der Waals surface area contributed by atoms with Crippen molar-refractivity contribution < 1.29 is 19.4 Å². The van der Waals surface area contributed by atoms with E-state index >= 15 is 0 Å². The van der Waals surface area contributed by atoms with E-state index in [0.29, 0.717) is 31.2 Å². The van der Waals surface area contributed by atoms with Crippen LogP contribution in [0.2, 0.25) is 0 Å². The quantitative estimate of drug-likeness (QED) is 0.841. The van der Waals surface area contributed by atoms with Gasteiger partial charge in [-0.15, -0.1) is 0 Å². The van der Waals surface area contributed by atoms with Gasteiger partial charge in [0.15, 0.2) is 11.5 Å². The second kappa shape index (κ2) is 5.93. The molecule has 3 rings (SSSR count). The van der Waals surface area contributed by atoms with Crippen molar-refractivity contribution in [2.24, 2.45) is 11.8 Å². The first-order valence-electron chi connectivity index (χ1n) is 7.45. The Balaban J connectivity index is 1.81. The second-order valence-corrected chi connectivity index (χ2v) is 5.86. The average Bonchev–Trinajstić information content (AvgIpc) is 3.18. The Morgan fingerprint density at radius 1 is 1.43 bits per heavy atom. The standard InChI is InChI=1S/C16H21NO4/c1-20-14-4-2-3-12(15(14)21-9-10-5-6-10)13-7-11(8-17-13)16(18)19/h2-4,10-11,13,17H,5-9H2,1H3,(H,18,19). The molecule has 0 bridgehead atoms. The first-order chi connectivity index (χ1) is 10.2. The van der Waals surface area contributed by atoms with Crippen molar-refractivity contribution in [3.63, 3.8) is 0 Å². The number of para-hydroxylation sites is 1. The zero-order chi connectivity index (χ0) is 14.8. The van der Waals surface area contributed by atoms with Crippen molar-refractivity contribution in [2.75, 3.05) is 20.3 Å². The molecule has 0 aromatic heterocycles. The lowest BCUT2D eigenvalue weighted by molar-refractivity contribution is -0.141. The van der Waals surface area contributed by atoms with Crippen molar-refractivity contribution >= 4 is 5.97 Å². The zero-order valence-corrected chi connectivity index (χ0v) is 12.2. The topological polar surface area (TPSA) is 67.8 Å². The van der Waals surface area contributed by atoms with E-state index in [1.165, 1.54) is 12.8 Å². The van der Waals surface area contributed by atoms with Crippen molar-refractivity contribution in [1.29, 1.82) is 0 Å². The van der Waals surface area contributed by atoms with E-state index in [-0.39, 0.29) is 12.0 Å². The number of carboxylic acid groups (broad SMARTS) is 1. The molecule has 1 heterocycles. The number of aliphatic carboxylic acids is 1. The van der Waals surface area contributed by atoms with E-state index in [9.17, 15) is 4.79 Å². The molecule has 2 atom stereocenters. The number of nitrogens with one attached hydrogen (secondary N) is 1. The smallest absolute Gasteiger partial charge is 0.307 e. The molecule has 5 nitrogen and oxygen atoms in total. The predicted octanol–water partition coefficient (Wildman–Crippen LogP) is 2.22. The predicted molar refractivity (Wildman–Crippen MR) is 77.7 cm³/mol.